The Morgan fingerprint density at radius 1 is 1.08 bits per heavy atom. The predicted octanol–water partition coefficient (Wildman–Crippen LogP) is 2.57. The highest BCUT2D eigenvalue weighted by Gasteiger charge is 2.11. The molecule has 0 saturated heterocycles. The van der Waals surface area contributed by atoms with Gasteiger partial charge in [-0.05, 0) is 27.1 Å². The fourth-order valence-electron chi connectivity index (χ4n) is 0.887. The van der Waals surface area contributed by atoms with Gasteiger partial charge in [-0.25, -0.2) is 0 Å². The van der Waals surface area contributed by atoms with Gasteiger partial charge in [-0.2, -0.15) is 0 Å². The summed E-state index contributed by atoms with van der Waals surface area (Å²) in [5, 5.41) is 15.0. The van der Waals surface area contributed by atoms with Gasteiger partial charge in [-0.15, -0.1) is 0 Å². The molecule has 0 spiro atoms. The fraction of sp³-hybridized carbons (Fsp3) is 0.857. The molecule has 4 nitrogen and oxygen atoms in total. The van der Waals surface area contributed by atoms with Crippen LogP contribution in [0.1, 0.15) is 32.6 Å². The average Bonchev–Trinajstić information content (AvgIpc) is 2.57. The van der Waals surface area contributed by atoms with Crippen LogP contribution in [-0.4, -0.2) is 10.9 Å². The molecule has 1 aliphatic heterocycles. The molecule has 0 aliphatic carbocycles. The zero-order valence-electron chi connectivity index (χ0n) is 7.23. The van der Waals surface area contributed by atoms with Crippen LogP contribution in [0.5, 0.6) is 0 Å². The second kappa shape index (κ2) is 5.88. The fourth-order valence-corrected chi connectivity index (χ4v) is 1.61. The van der Waals surface area contributed by atoms with E-state index in [4.69, 9.17) is 0 Å². The summed E-state index contributed by atoms with van der Waals surface area (Å²) < 4.78 is 0. The maximum Gasteiger partial charge on any atom is 0.455 e. The number of hydrogen-bond acceptors (Lipinski definition) is 2. The number of nitrogens with zero attached hydrogens (tertiary/aromatic N) is 4. The summed E-state index contributed by atoms with van der Waals surface area (Å²) in [6, 6.07) is 0. The molecule has 12 heavy (non-hydrogen) atoms. The molecule has 1 aliphatic rings. The Kier molecular flexibility index (Phi) is 4.60. The number of unbranched alkanes of at least 4 members (excludes halogenated alkanes) is 3. The summed E-state index contributed by atoms with van der Waals surface area (Å²) in [6.45, 7) is 2.21. The Hall–Kier alpha value is -0.710. The molecule has 1 heterocycles. The maximum atomic E-state index is 3.72. The highest BCUT2D eigenvalue weighted by molar-refractivity contribution is 7.78. The van der Waals surface area contributed by atoms with Crippen molar-refractivity contribution in [2.75, 3.05) is 5.75 Å². The standard InChI is InChI=1S/C7H13N4S/c1-2-3-4-5-6-12-7-8-10-11-9-7/h2-6H2,1H3/q+1. The summed E-state index contributed by atoms with van der Waals surface area (Å²) in [6.07, 6.45) is 5.12. The van der Waals surface area contributed by atoms with Gasteiger partial charge in [0.15, 0.2) is 5.75 Å². The van der Waals surface area contributed by atoms with E-state index in [-0.39, 0.29) is 0 Å². The molecule has 1 rings (SSSR count). The Labute approximate surface area is 76.1 Å². The molecule has 0 bridgehead atoms. The van der Waals surface area contributed by atoms with Crippen molar-refractivity contribution in [3.63, 3.8) is 0 Å². The second-order valence-electron chi connectivity index (χ2n) is 2.57. The third-order valence-electron chi connectivity index (χ3n) is 1.53. The molecule has 0 amide bonds. The predicted molar refractivity (Wildman–Crippen MR) is 51.1 cm³/mol. The lowest BCUT2D eigenvalue weighted by atomic mass is 10.2. The second-order valence-corrected chi connectivity index (χ2v) is 3.63. The molecule has 0 aromatic carbocycles. The van der Waals surface area contributed by atoms with Crippen LogP contribution in [-0.2, 0) is 11.4 Å². The third-order valence-corrected chi connectivity index (χ3v) is 2.44. The van der Waals surface area contributed by atoms with Crippen LogP contribution < -0.4 is 0 Å². The van der Waals surface area contributed by atoms with Gasteiger partial charge in [0.2, 0.25) is 11.4 Å². The molecule has 0 saturated carbocycles. The summed E-state index contributed by atoms with van der Waals surface area (Å²) in [5.74, 6) is 1.08. The molecule has 0 radical (unpaired) electrons. The summed E-state index contributed by atoms with van der Waals surface area (Å²) in [5.41, 5.74) is 0. The van der Waals surface area contributed by atoms with Crippen LogP contribution in [0.3, 0.4) is 0 Å². The van der Waals surface area contributed by atoms with E-state index in [1.54, 1.807) is 11.4 Å². The van der Waals surface area contributed by atoms with Gasteiger partial charge in [0.25, 0.3) is 0 Å². The SMILES string of the molecule is CCCCCC[S+]=C1N=NN=N1. The van der Waals surface area contributed by atoms with Crippen molar-refractivity contribution in [2.24, 2.45) is 20.7 Å². The summed E-state index contributed by atoms with van der Waals surface area (Å²) in [4.78, 5) is 0. The van der Waals surface area contributed by atoms with E-state index in [9.17, 15) is 0 Å². The van der Waals surface area contributed by atoms with Gasteiger partial charge < -0.3 is 0 Å². The minimum absolute atomic E-state index is 0.700. The molecular weight excluding hydrogens is 172 g/mol. The van der Waals surface area contributed by atoms with E-state index in [1.165, 1.54) is 25.7 Å². The zero-order chi connectivity index (χ0) is 8.65. The van der Waals surface area contributed by atoms with Crippen LogP contribution >= 0.6 is 0 Å². The summed E-state index contributed by atoms with van der Waals surface area (Å²) in [7, 11) is 0. The molecular formula is C7H13N4S+. The minimum atomic E-state index is 0.700. The highest BCUT2D eigenvalue weighted by atomic mass is 32.1. The molecule has 0 unspecified atom stereocenters. The van der Waals surface area contributed by atoms with E-state index < -0.39 is 0 Å². The van der Waals surface area contributed by atoms with E-state index in [1.807, 2.05) is 0 Å². The lowest BCUT2D eigenvalue weighted by Gasteiger charge is -1.87. The molecule has 0 atom stereocenters. The van der Waals surface area contributed by atoms with E-state index >= 15 is 0 Å². The molecule has 0 aromatic rings. The Balaban J connectivity index is 2.05. The lowest BCUT2D eigenvalue weighted by molar-refractivity contribution is 0.707. The molecule has 66 valence electrons. The van der Waals surface area contributed by atoms with Gasteiger partial charge in [-0.3, -0.25) is 0 Å². The molecule has 0 N–H and O–H groups in total. The smallest absolute Gasteiger partial charge is 0.0654 e. The van der Waals surface area contributed by atoms with Crippen molar-refractivity contribution in [3.8, 4) is 0 Å². The monoisotopic (exact) mass is 185 g/mol. The molecule has 5 heteroatoms. The van der Waals surface area contributed by atoms with Gasteiger partial charge in [-0.1, -0.05) is 19.8 Å². The topological polar surface area (TPSA) is 49.4 Å². The Morgan fingerprint density at radius 3 is 2.50 bits per heavy atom. The van der Waals surface area contributed by atoms with Gasteiger partial charge in [0.05, 0.1) is 0 Å². The first-order valence-corrected chi connectivity index (χ1v) is 5.23. The lowest BCUT2D eigenvalue weighted by Crippen LogP contribution is -1.91. The van der Waals surface area contributed by atoms with E-state index in [0.717, 1.165) is 5.75 Å². The molecule has 0 aromatic heterocycles. The first kappa shape index (κ1) is 9.38. The Morgan fingerprint density at radius 2 is 1.83 bits per heavy atom. The normalized spacial score (nSPS) is 14.2. The van der Waals surface area contributed by atoms with Crippen molar-refractivity contribution >= 4 is 16.5 Å². The van der Waals surface area contributed by atoms with E-state index in [2.05, 4.69) is 27.6 Å². The van der Waals surface area contributed by atoms with Crippen LogP contribution in [0.2, 0.25) is 0 Å². The number of hydrogen-bond donors (Lipinski definition) is 0. The quantitative estimate of drug-likeness (QED) is 0.359. The number of rotatable bonds is 5. The van der Waals surface area contributed by atoms with E-state index in [0.29, 0.717) is 5.11 Å². The van der Waals surface area contributed by atoms with Crippen LogP contribution in [0.4, 0.5) is 0 Å². The van der Waals surface area contributed by atoms with Gasteiger partial charge in [0.1, 0.15) is 0 Å². The van der Waals surface area contributed by atoms with Crippen molar-refractivity contribution in [2.45, 2.75) is 32.6 Å². The Bertz CT molecular complexity index is 195. The van der Waals surface area contributed by atoms with Gasteiger partial charge in [0, 0.05) is 6.42 Å². The maximum absolute atomic E-state index is 3.72. The first-order valence-electron chi connectivity index (χ1n) is 4.25. The van der Waals surface area contributed by atoms with Gasteiger partial charge >= 0.3 is 5.11 Å². The zero-order valence-corrected chi connectivity index (χ0v) is 8.05. The van der Waals surface area contributed by atoms with Crippen molar-refractivity contribution in [1.82, 2.24) is 0 Å². The van der Waals surface area contributed by atoms with Crippen LogP contribution in [0.15, 0.2) is 20.7 Å². The largest absolute Gasteiger partial charge is 0.455 e. The van der Waals surface area contributed by atoms with Crippen molar-refractivity contribution < 1.29 is 0 Å². The molecule has 0 fully saturated rings. The van der Waals surface area contributed by atoms with Crippen molar-refractivity contribution in [3.05, 3.63) is 0 Å². The van der Waals surface area contributed by atoms with Crippen LogP contribution in [0, 0.1) is 0 Å². The first-order chi connectivity index (χ1) is 5.93. The highest BCUT2D eigenvalue weighted by Crippen LogP contribution is 2.00. The van der Waals surface area contributed by atoms with Crippen LogP contribution in [0.25, 0.3) is 0 Å². The van der Waals surface area contributed by atoms with Crippen molar-refractivity contribution in [1.29, 1.82) is 0 Å². The third kappa shape index (κ3) is 3.61. The average molecular weight is 185 g/mol. The summed E-state index contributed by atoms with van der Waals surface area (Å²) >= 11 is 1.63. The minimum Gasteiger partial charge on any atom is -0.0654 e.